The molecule has 0 heterocycles. The number of aliphatic hydroxyl groups excluding tert-OH is 1. The summed E-state index contributed by atoms with van der Waals surface area (Å²) in [6, 6.07) is 6.54. The van der Waals surface area contributed by atoms with Crippen molar-refractivity contribution < 1.29 is 18.3 Å². The molecule has 1 N–H and O–H groups in total. The van der Waals surface area contributed by atoms with Gasteiger partial charge in [0.25, 0.3) is 0 Å². The highest BCUT2D eigenvalue weighted by atomic mass is 35.5. The zero-order valence-electron chi connectivity index (χ0n) is 9.00. The minimum absolute atomic E-state index is 0.0510. The van der Waals surface area contributed by atoms with Gasteiger partial charge in [-0.1, -0.05) is 17.7 Å². The molecule has 2 aromatic carbocycles. The van der Waals surface area contributed by atoms with Crippen LogP contribution in [0.5, 0.6) is 0 Å². The number of aliphatic hydroxyl groups is 1. The number of rotatable bonds is 2. The molecule has 0 spiro atoms. The zero-order valence-corrected chi connectivity index (χ0v) is 9.76. The summed E-state index contributed by atoms with van der Waals surface area (Å²) in [5, 5.41) is 10.2. The van der Waals surface area contributed by atoms with Crippen LogP contribution in [0.25, 0.3) is 0 Å². The third kappa shape index (κ3) is 2.49. The highest BCUT2D eigenvalue weighted by Crippen LogP contribution is 2.27. The molecule has 0 saturated carbocycles. The molecule has 18 heavy (non-hydrogen) atoms. The van der Waals surface area contributed by atoms with Crippen molar-refractivity contribution in [2.45, 2.75) is 6.10 Å². The van der Waals surface area contributed by atoms with E-state index in [-0.39, 0.29) is 16.1 Å². The molecule has 0 bridgehead atoms. The predicted octanol–water partition coefficient (Wildman–Crippen LogP) is 3.84. The summed E-state index contributed by atoms with van der Waals surface area (Å²) in [5.74, 6) is -2.80. The van der Waals surface area contributed by atoms with Crippen molar-refractivity contribution in [1.82, 2.24) is 0 Å². The summed E-state index contributed by atoms with van der Waals surface area (Å²) in [6.45, 7) is 0. The Labute approximate surface area is 106 Å². The fourth-order valence-electron chi connectivity index (χ4n) is 1.59. The second-order valence-corrected chi connectivity index (χ2v) is 4.18. The van der Waals surface area contributed by atoms with Crippen LogP contribution in [0, 0.1) is 17.5 Å². The Bertz CT molecular complexity index is 586. The van der Waals surface area contributed by atoms with Crippen LogP contribution in [-0.4, -0.2) is 5.11 Å². The molecule has 1 nitrogen and oxygen atoms in total. The van der Waals surface area contributed by atoms with Gasteiger partial charge in [-0.15, -0.1) is 0 Å². The fourth-order valence-corrected chi connectivity index (χ4v) is 1.77. The number of hydrogen-bond donors (Lipinski definition) is 1. The van der Waals surface area contributed by atoms with E-state index in [2.05, 4.69) is 0 Å². The lowest BCUT2D eigenvalue weighted by molar-refractivity contribution is 0.214. The van der Waals surface area contributed by atoms with Crippen LogP contribution >= 0.6 is 11.6 Å². The number of benzene rings is 2. The summed E-state index contributed by atoms with van der Waals surface area (Å²) >= 11 is 5.69. The van der Waals surface area contributed by atoms with E-state index >= 15 is 0 Å². The second kappa shape index (κ2) is 5.00. The Morgan fingerprint density at radius 3 is 2.22 bits per heavy atom. The van der Waals surface area contributed by atoms with Gasteiger partial charge in [0, 0.05) is 10.6 Å². The summed E-state index contributed by atoms with van der Waals surface area (Å²) in [5.41, 5.74) is -0.0384. The van der Waals surface area contributed by atoms with Gasteiger partial charge in [0.15, 0.2) is 11.6 Å². The van der Waals surface area contributed by atoms with Crippen molar-refractivity contribution in [3.05, 3.63) is 70.0 Å². The molecular formula is C13H8ClF3O. The highest BCUT2D eigenvalue weighted by Gasteiger charge is 2.17. The molecule has 2 aromatic rings. The molecule has 0 radical (unpaired) electrons. The normalized spacial score (nSPS) is 12.5. The molecule has 5 heteroatoms. The van der Waals surface area contributed by atoms with Gasteiger partial charge in [0.2, 0.25) is 0 Å². The molecule has 2 rings (SSSR count). The molecule has 0 aliphatic carbocycles. The van der Waals surface area contributed by atoms with E-state index in [1.165, 1.54) is 18.2 Å². The van der Waals surface area contributed by atoms with Crippen molar-refractivity contribution in [3.8, 4) is 0 Å². The van der Waals surface area contributed by atoms with Crippen LogP contribution in [0.3, 0.4) is 0 Å². The average Bonchev–Trinajstić information content (AvgIpc) is 2.35. The molecule has 1 unspecified atom stereocenters. The Hall–Kier alpha value is -1.52. The van der Waals surface area contributed by atoms with Gasteiger partial charge in [-0.3, -0.25) is 0 Å². The van der Waals surface area contributed by atoms with Crippen molar-refractivity contribution >= 4 is 11.6 Å². The maximum absolute atomic E-state index is 13.5. The van der Waals surface area contributed by atoms with Crippen LogP contribution in [-0.2, 0) is 0 Å². The van der Waals surface area contributed by atoms with Crippen LogP contribution < -0.4 is 0 Å². The smallest absolute Gasteiger partial charge is 0.159 e. The minimum Gasteiger partial charge on any atom is -0.384 e. The van der Waals surface area contributed by atoms with E-state index in [0.717, 1.165) is 18.2 Å². The second-order valence-electron chi connectivity index (χ2n) is 3.74. The van der Waals surface area contributed by atoms with E-state index in [9.17, 15) is 18.3 Å². The molecule has 0 aliphatic rings. The monoisotopic (exact) mass is 272 g/mol. The Balaban J connectivity index is 2.44. The van der Waals surface area contributed by atoms with E-state index in [1.807, 2.05) is 0 Å². The number of halogens is 4. The first-order chi connectivity index (χ1) is 8.49. The van der Waals surface area contributed by atoms with Crippen molar-refractivity contribution in [3.63, 3.8) is 0 Å². The van der Waals surface area contributed by atoms with E-state index in [0.29, 0.717) is 0 Å². The average molecular weight is 273 g/mol. The van der Waals surface area contributed by atoms with Crippen LogP contribution in [0.1, 0.15) is 17.2 Å². The zero-order chi connectivity index (χ0) is 13.3. The van der Waals surface area contributed by atoms with Gasteiger partial charge in [-0.2, -0.15) is 0 Å². The van der Waals surface area contributed by atoms with Gasteiger partial charge in [0.1, 0.15) is 11.9 Å². The molecule has 0 saturated heterocycles. The first-order valence-corrected chi connectivity index (χ1v) is 5.45. The van der Waals surface area contributed by atoms with Crippen LogP contribution in [0.4, 0.5) is 13.2 Å². The maximum Gasteiger partial charge on any atom is 0.159 e. The lowest BCUT2D eigenvalue weighted by atomic mass is 10.0. The van der Waals surface area contributed by atoms with Crippen LogP contribution in [0.15, 0.2) is 36.4 Å². The molecule has 0 amide bonds. The van der Waals surface area contributed by atoms with Crippen LogP contribution in [0.2, 0.25) is 5.02 Å². The van der Waals surface area contributed by atoms with E-state index < -0.39 is 23.6 Å². The fraction of sp³-hybridized carbons (Fsp3) is 0.0769. The quantitative estimate of drug-likeness (QED) is 0.881. The van der Waals surface area contributed by atoms with Gasteiger partial charge in [0.05, 0.1) is 0 Å². The maximum atomic E-state index is 13.5. The Morgan fingerprint density at radius 2 is 1.56 bits per heavy atom. The van der Waals surface area contributed by atoms with Crippen molar-refractivity contribution in [1.29, 1.82) is 0 Å². The topological polar surface area (TPSA) is 20.2 Å². The number of hydrogen-bond acceptors (Lipinski definition) is 1. The lowest BCUT2D eigenvalue weighted by Gasteiger charge is -2.13. The van der Waals surface area contributed by atoms with Crippen molar-refractivity contribution in [2.75, 3.05) is 0 Å². The molecule has 0 aromatic heterocycles. The third-order valence-corrected chi connectivity index (χ3v) is 2.75. The third-order valence-electron chi connectivity index (χ3n) is 2.51. The SMILES string of the molecule is OC(c1ccc(F)c(F)c1)c1cc(Cl)ccc1F. The van der Waals surface area contributed by atoms with Gasteiger partial charge < -0.3 is 5.11 Å². The van der Waals surface area contributed by atoms with Gasteiger partial charge in [-0.25, -0.2) is 13.2 Å². The summed E-state index contributed by atoms with van der Waals surface area (Å²) in [6.07, 6.45) is -1.40. The van der Waals surface area contributed by atoms with Gasteiger partial charge in [-0.05, 0) is 35.9 Å². The first-order valence-electron chi connectivity index (χ1n) is 5.07. The summed E-state index contributed by atoms with van der Waals surface area (Å²) in [4.78, 5) is 0. The summed E-state index contributed by atoms with van der Waals surface area (Å²) in [7, 11) is 0. The van der Waals surface area contributed by atoms with E-state index in [1.54, 1.807) is 0 Å². The lowest BCUT2D eigenvalue weighted by Crippen LogP contribution is -2.03. The van der Waals surface area contributed by atoms with Crippen molar-refractivity contribution in [2.24, 2.45) is 0 Å². The standard InChI is InChI=1S/C13H8ClF3O/c14-8-2-4-10(15)9(6-8)13(18)7-1-3-11(16)12(17)5-7/h1-6,13,18H. The summed E-state index contributed by atoms with van der Waals surface area (Å²) < 4.78 is 39.3. The predicted molar refractivity (Wildman–Crippen MR) is 61.8 cm³/mol. The molecule has 0 aliphatic heterocycles. The molecule has 1 atom stereocenters. The molecule has 94 valence electrons. The van der Waals surface area contributed by atoms with E-state index in [4.69, 9.17) is 11.6 Å². The Kier molecular flexibility index (Phi) is 3.59. The molecule has 0 fully saturated rings. The minimum atomic E-state index is -1.40. The highest BCUT2D eigenvalue weighted by molar-refractivity contribution is 6.30. The largest absolute Gasteiger partial charge is 0.384 e. The first kappa shape index (κ1) is 12.9. The van der Waals surface area contributed by atoms with Gasteiger partial charge >= 0.3 is 0 Å². The molecular weight excluding hydrogens is 265 g/mol. The Morgan fingerprint density at radius 1 is 0.889 bits per heavy atom.